The van der Waals surface area contributed by atoms with E-state index in [9.17, 15) is 9.59 Å². The van der Waals surface area contributed by atoms with Crippen molar-refractivity contribution in [3.63, 3.8) is 0 Å². The first-order valence-corrected chi connectivity index (χ1v) is 7.22. The minimum atomic E-state index is -0.219. The summed E-state index contributed by atoms with van der Waals surface area (Å²) in [7, 11) is 0. The second-order valence-electron chi connectivity index (χ2n) is 5.18. The predicted molar refractivity (Wildman–Crippen MR) is 80.7 cm³/mol. The molecule has 0 unspecified atom stereocenters. The standard InChI is InChI=1S/C15H15ClN2O3/c16-10-6-12-13(21-8-15(20)18-12)7-11(10)17-14(19)5-9-3-1-2-4-9/h1,3,6-7,9H,2,4-5,8H2,(H,17,19)(H,18,20)/t9-/m0/s1. The summed E-state index contributed by atoms with van der Waals surface area (Å²) in [6.45, 7) is -0.0328. The van der Waals surface area contributed by atoms with Gasteiger partial charge in [-0.1, -0.05) is 23.8 Å². The van der Waals surface area contributed by atoms with E-state index in [2.05, 4.69) is 22.8 Å². The van der Waals surface area contributed by atoms with E-state index in [0.29, 0.717) is 34.5 Å². The Morgan fingerprint density at radius 2 is 2.33 bits per heavy atom. The first-order valence-electron chi connectivity index (χ1n) is 6.84. The number of benzene rings is 1. The molecule has 0 spiro atoms. The van der Waals surface area contributed by atoms with Crippen molar-refractivity contribution in [2.75, 3.05) is 17.2 Å². The number of rotatable bonds is 3. The molecule has 1 aromatic carbocycles. The van der Waals surface area contributed by atoms with Gasteiger partial charge >= 0.3 is 0 Å². The number of fused-ring (bicyclic) bond motifs is 1. The molecular formula is C15H15ClN2O3. The van der Waals surface area contributed by atoms with Crippen LogP contribution in [0.4, 0.5) is 11.4 Å². The van der Waals surface area contributed by atoms with Gasteiger partial charge in [0.2, 0.25) is 5.91 Å². The molecule has 21 heavy (non-hydrogen) atoms. The molecule has 2 aliphatic rings. The minimum absolute atomic E-state index is 0.0328. The van der Waals surface area contributed by atoms with Gasteiger partial charge < -0.3 is 15.4 Å². The first-order chi connectivity index (χ1) is 10.1. The molecule has 0 saturated heterocycles. The van der Waals surface area contributed by atoms with E-state index in [1.165, 1.54) is 0 Å². The zero-order valence-electron chi connectivity index (χ0n) is 11.3. The van der Waals surface area contributed by atoms with E-state index in [0.717, 1.165) is 12.8 Å². The second kappa shape index (κ2) is 5.77. The van der Waals surface area contributed by atoms with Crippen LogP contribution in [-0.4, -0.2) is 18.4 Å². The second-order valence-corrected chi connectivity index (χ2v) is 5.59. The number of carbonyl (C=O) groups excluding carboxylic acids is 2. The summed E-state index contributed by atoms with van der Waals surface area (Å²) in [5.74, 6) is 0.517. The predicted octanol–water partition coefficient (Wildman–Crippen LogP) is 2.97. The van der Waals surface area contributed by atoms with Crippen LogP contribution in [0.25, 0.3) is 0 Å². The lowest BCUT2D eigenvalue weighted by molar-refractivity contribution is -0.119. The SMILES string of the molecule is O=C(C[C@H]1C=CCC1)Nc1cc2c(cc1Cl)NC(=O)CO2. The van der Waals surface area contributed by atoms with Gasteiger partial charge in [0.15, 0.2) is 6.61 Å². The van der Waals surface area contributed by atoms with Crippen molar-refractivity contribution in [1.82, 2.24) is 0 Å². The molecule has 0 bridgehead atoms. The molecule has 2 amide bonds. The van der Waals surface area contributed by atoms with Gasteiger partial charge in [0.1, 0.15) is 5.75 Å². The number of hydrogen-bond acceptors (Lipinski definition) is 3. The Labute approximate surface area is 127 Å². The van der Waals surface area contributed by atoms with Gasteiger partial charge in [-0.05, 0) is 24.8 Å². The van der Waals surface area contributed by atoms with Crippen molar-refractivity contribution in [3.8, 4) is 5.75 Å². The molecule has 0 fully saturated rings. The molecule has 1 atom stereocenters. The van der Waals surface area contributed by atoms with E-state index >= 15 is 0 Å². The largest absolute Gasteiger partial charge is 0.482 e. The molecule has 1 aliphatic heterocycles. The topological polar surface area (TPSA) is 67.4 Å². The zero-order chi connectivity index (χ0) is 14.8. The Balaban J connectivity index is 1.71. The molecule has 0 radical (unpaired) electrons. The van der Waals surface area contributed by atoms with Crippen LogP contribution in [0, 0.1) is 5.92 Å². The first kappa shape index (κ1) is 13.9. The molecule has 5 nitrogen and oxygen atoms in total. The van der Waals surface area contributed by atoms with Crippen LogP contribution in [0.15, 0.2) is 24.3 Å². The lowest BCUT2D eigenvalue weighted by Crippen LogP contribution is -2.25. The van der Waals surface area contributed by atoms with Gasteiger partial charge in [0.25, 0.3) is 5.91 Å². The quantitative estimate of drug-likeness (QED) is 0.844. The van der Waals surface area contributed by atoms with Crippen LogP contribution in [0.3, 0.4) is 0 Å². The van der Waals surface area contributed by atoms with Crippen LogP contribution < -0.4 is 15.4 Å². The fraction of sp³-hybridized carbons (Fsp3) is 0.333. The highest BCUT2D eigenvalue weighted by Gasteiger charge is 2.20. The van der Waals surface area contributed by atoms with Gasteiger partial charge in [-0.15, -0.1) is 0 Å². The number of allylic oxidation sites excluding steroid dienone is 2. The zero-order valence-corrected chi connectivity index (χ0v) is 12.1. The highest BCUT2D eigenvalue weighted by atomic mass is 35.5. The van der Waals surface area contributed by atoms with Gasteiger partial charge in [-0.2, -0.15) is 0 Å². The summed E-state index contributed by atoms with van der Waals surface area (Å²) in [5, 5.41) is 5.84. The molecule has 1 aromatic rings. The van der Waals surface area contributed by atoms with Crippen LogP contribution in [0.1, 0.15) is 19.3 Å². The third-order valence-electron chi connectivity index (χ3n) is 3.54. The van der Waals surface area contributed by atoms with Crippen LogP contribution in [0.2, 0.25) is 5.02 Å². The van der Waals surface area contributed by atoms with Crippen molar-refractivity contribution >= 4 is 34.8 Å². The molecule has 0 saturated carbocycles. The van der Waals surface area contributed by atoms with Crippen LogP contribution in [-0.2, 0) is 9.59 Å². The summed E-state index contributed by atoms with van der Waals surface area (Å²) < 4.78 is 5.31. The summed E-state index contributed by atoms with van der Waals surface area (Å²) in [5.41, 5.74) is 1.02. The van der Waals surface area contributed by atoms with E-state index in [1.54, 1.807) is 12.1 Å². The summed E-state index contributed by atoms with van der Waals surface area (Å²) in [6.07, 6.45) is 6.67. The summed E-state index contributed by atoms with van der Waals surface area (Å²) >= 11 is 6.13. The van der Waals surface area contributed by atoms with Gasteiger partial charge in [0, 0.05) is 12.5 Å². The fourth-order valence-corrected chi connectivity index (χ4v) is 2.71. The Morgan fingerprint density at radius 3 is 3.10 bits per heavy atom. The van der Waals surface area contributed by atoms with Crippen LogP contribution >= 0.6 is 11.6 Å². The maximum atomic E-state index is 12.0. The Kier molecular flexibility index (Phi) is 3.84. The van der Waals surface area contributed by atoms with Crippen molar-refractivity contribution in [3.05, 3.63) is 29.3 Å². The van der Waals surface area contributed by atoms with Crippen LogP contribution in [0.5, 0.6) is 5.75 Å². The number of anilines is 2. The van der Waals surface area contributed by atoms with Crippen molar-refractivity contribution in [2.24, 2.45) is 5.92 Å². The molecule has 6 heteroatoms. The van der Waals surface area contributed by atoms with Crippen molar-refractivity contribution < 1.29 is 14.3 Å². The van der Waals surface area contributed by atoms with Crippen molar-refractivity contribution in [1.29, 1.82) is 0 Å². The minimum Gasteiger partial charge on any atom is -0.482 e. The number of nitrogens with one attached hydrogen (secondary N) is 2. The highest BCUT2D eigenvalue weighted by molar-refractivity contribution is 6.34. The Bertz CT molecular complexity index is 628. The maximum Gasteiger partial charge on any atom is 0.262 e. The van der Waals surface area contributed by atoms with E-state index in [4.69, 9.17) is 16.3 Å². The number of hydrogen-bond donors (Lipinski definition) is 2. The normalized spacial score (nSPS) is 19.7. The fourth-order valence-electron chi connectivity index (χ4n) is 2.50. The third kappa shape index (κ3) is 3.19. The third-order valence-corrected chi connectivity index (χ3v) is 3.85. The van der Waals surface area contributed by atoms with Crippen molar-refractivity contribution in [2.45, 2.75) is 19.3 Å². The summed E-state index contributed by atoms with van der Waals surface area (Å²) in [4.78, 5) is 23.3. The number of carbonyl (C=O) groups is 2. The lowest BCUT2D eigenvalue weighted by Gasteiger charge is -2.20. The van der Waals surface area contributed by atoms with E-state index in [1.807, 2.05) is 0 Å². The van der Waals surface area contributed by atoms with E-state index in [-0.39, 0.29) is 18.4 Å². The highest BCUT2D eigenvalue weighted by Crippen LogP contribution is 2.36. The number of halogens is 1. The van der Waals surface area contributed by atoms with E-state index < -0.39 is 0 Å². The Hall–Kier alpha value is -2.01. The van der Waals surface area contributed by atoms with Gasteiger partial charge in [-0.25, -0.2) is 0 Å². The average molecular weight is 307 g/mol. The lowest BCUT2D eigenvalue weighted by atomic mass is 10.0. The maximum absolute atomic E-state index is 12.0. The molecule has 3 rings (SSSR count). The van der Waals surface area contributed by atoms with Gasteiger partial charge in [-0.3, -0.25) is 9.59 Å². The molecule has 2 N–H and O–H groups in total. The van der Waals surface area contributed by atoms with Gasteiger partial charge in [0.05, 0.1) is 16.4 Å². The monoisotopic (exact) mass is 306 g/mol. The number of amides is 2. The molecular weight excluding hydrogens is 292 g/mol. The molecule has 110 valence electrons. The summed E-state index contributed by atoms with van der Waals surface area (Å²) in [6, 6.07) is 3.22. The molecule has 0 aromatic heterocycles. The molecule has 1 heterocycles. The average Bonchev–Trinajstić information content (AvgIpc) is 2.92. The smallest absolute Gasteiger partial charge is 0.262 e. The Morgan fingerprint density at radius 1 is 1.48 bits per heavy atom. The number of ether oxygens (including phenoxy) is 1. The molecule has 1 aliphatic carbocycles.